The Morgan fingerprint density at radius 3 is 2.09 bits per heavy atom. The normalized spacial score (nSPS) is 26.3. The minimum Gasteiger partial charge on any atom is -0.360 e. The van der Waals surface area contributed by atoms with Crippen LogP contribution in [0.15, 0.2) is 60.7 Å². The molecule has 2 aromatic rings. The summed E-state index contributed by atoms with van der Waals surface area (Å²) in [5.41, 5.74) is 0.680. The van der Waals surface area contributed by atoms with E-state index in [0.717, 1.165) is 5.11 Å². The van der Waals surface area contributed by atoms with E-state index in [9.17, 15) is 0 Å². The van der Waals surface area contributed by atoms with Gasteiger partial charge in [-0.25, -0.2) is 0 Å². The molecular formula is C28H40N3PS. The van der Waals surface area contributed by atoms with Crippen LogP contribution in [0.25, 0.3) is 0 Å². The number of nitrogens with one attached hydrogen (secondary N) is 2. The Hall–Kier alpha value is -1.48. The molecule has 0 aliphatic heterocycles. The highest BCUT2D eigenvalue weighted by Gasteiger charge is 2.38. The third kappa shape index (κ3) is 6.15. The van der Waals surface area contributed by atoms with Gasteiger partial charge in [-0.15, -0.1) is 0 Å². The average molecular weight is 482 g/mol. The molecule has 33 heavy (non-hydrogen) atoms. The van der Waals surface area contributed by atoms with Gasteiger partial charge in [-0.3, -0.25) is 0 Å². The molecule has 0 saturated heterocycles. The van der Waals surface area contributed by atoms with Crippen LogP contribution >= 0.6 is 20.1 Å². The molecule has 0 bridgehead atoms. The van der Waals surface area contributed by atoms with Gasteiger partial charge in [-0.2, -0.15) is 0 Å². The number of hydrogen-bond donors (Lipinski definition) is 2. The van der Waals surface area contributed by atoms with Crippen LogP contribution in [0.2, 0.25) is 0 Å². The monoisotopic (exact) mass is 481 g/mol. The Morgan fingerprint density at radius 2 is 1.48 bits per heavy atom. The quantitative estimate of drug-likeness (QED) is 0.429. The summed E-state index contributed by atoms with van der Waals surface area (Å²) in [5, 5.41) is 11.3. The molecule has 2 unspecified atom stereocenters. The predicted molar refractivity (Wildman–Crippen MR) is 148 cm³/mol. The van der Waals surface area contributed by atoms with E-state index in [-0.39, 0.29) is 0 Å². The molecule has 5 heteroatoms. The molecule has 178 valence electrons. The zero-order valence-electron chi connectivity index (χ0n) is 20.4. The van der Waals surface area contributed by atoms with Crippen LogP contribution in [0.5, 0.6) is 0 Å². The Balaban J connectivity index is 1.47. The van der Waals surface area contributed by atoms with Crippen LogP contribution < -0.4 is 21.2 Å². The second-order valence-electron chi connectivity index (χ2n) is 10.0. The second-order valence-corrected chi connectivity index (χ2v) is 12.9. The Bertz CT molecular complexity index is 836. The lowest BCUT2D eigenvalue weighted by molar-refractivity contribution is 0.189. The first-order valence-corrected chi connectivity index (χ1v) is 14.5. The maximum Gasteiger partial charge on any atom is 0.166 e. The number of hydrogen-bond acceptors (Lipinski definition) is 2. The van der Waals surface area contributed by atoms with Crippen molar-refractivity contribution >= 4 is 35.9 Å². The molecule has 2 aliphatic carbocycles. The van der Waals surface area contributed by atoms with Crippen molar-refractivity contribution in [3.05, 3.63) is 60.7 Å². The zero-order valence-corrected chi connectivity index (χ0v) is 22.1. The molecule has 0 spiro atoms. The summed E-state index contributed by atoms with van der Waals surface area (Å²) in [5.74, 6) is 0.632. The molecule has 2 aromatic carbocycles. The minimum atomic E-state index is -0.391. The summed E-state index contributed by atoms with van der Waals surface area (Å²) >= 11 is 5.84. The summed E-state index contributed by atoms with van der Waals surface area (Å²) < 4.78 is 0. The molecule has 3 nitrogen and oxygen atoms in total. The molecule has 0 amide bonds. The molecular weight excluding hydrogens is 441 g/mol. The molecule has 0 aromatic heterocycles. The highest BCUT2D eigenvalue weighted by Crippen LogP contribution is 2.50. The van der Waals surface area contributed by atoms with Gasteiger partial charge in [0.25, 0.3) is 0 Å². The van der Waals surface area contributed by atoms with E-state index >= 15 is 0 Å². The van der Waals surface area contributed by atoms with Gasteiger partial charge >= 0.3 is 0 Å². The summed E-state index contributed by atoms with van der Waals surface area (Å²) in [6.07, 6.45) is 8.98. The molecule has 2 fully saturated rings. The number of benzene rings is 2. The lowest BCUT2D eigenvalue weighted by atomic mass is 9.89. The predicted octanol–water partition coefficient (Wildman–Crippen LogP) is 5.01. The first-order chi connectivity index (χ1) is 16.0. The lowest BCUT2D eigenvalue weighted by Crippen LogP contribution is -2.55. The van der Waals surface area contributed by atoms with Gasteiger partial charge in [0, 0.05) is 18.1 Å². The zero-order chi connectivity index (χ0) is 23.2. The minimum absolute atomic E-state index is 0.372. The van der Waals surface area contributed by atoms with E-state index in [1.807, 2.05) is 0 Å². The molecule has 0 radical (unpaired) electrons. The van der Waals surface area contributed by atoms with Gasteiger partial charge in [0.1, 0.15) is 0 Å². The third-order valence-electron chi connectivity index (χ3n) is 7.64. The fraction of sp³-hybridized carbons (Fsp3) is 0.536. The Morgan fingerprint density at radius 1 is 0.879 bits per heavy atom. The summed E-state index contributed by atoms with van der Waals surface area (Å²) in [6.45, 7) is 2.35. The van der Waals surface area contributed by atoms with Gasteiger partial charge in [-0.1, -0.05) is 79.9 Å². The molecule has 2 aliphatic rings. The van der Waals surface area contributed by atoms with Gasteiger partial charge in [0.05, 0.1) is 0 Å². The van der Waals surface area contributed by atoms with Crippen molar-refractivity contribution in [3.63, 3.8) is 0 Å². The highest BCUT2D eigenvalue weighted by atomic mass is 32.1. The topological polar surface area (TPSA) is 27.3 Å². The lowest BCUT2D eigenvalue weighted by Gasteiger charge is -2.38. The van der Waals surface area contributed by atoms with Gasteiger partial charge < -0.3 is 15.5 Å². The van der Waals surface area contributed by atoms with E-state index in [0.29, 0.717) is 29.7 Å². The first kappa shape index (κ1) is 24.6. The maximum atomic E-state index is 5.84. The van der Waals surface area contributed by atoms with Gasteiger partial charge in [0.15, 0.2) is 5.11 Å². The molecule has 2 N–H and O–H groups in total. The standard InChI is InChI=1S/C28H40N3PS/c1-21(29-28(33)30-25-18-10-11-19-26(25)31(2)3)24-17-12-20-27(24)32(22-13-6-4-7-14-22)23-15-8-5-9-16-23/h4-9,13-16,21,24-27H,10-12,17-20H2,1-3H3,(H2,29,30,33)/t21-,24?,25+,26+,27?/m1/s1. The van der Waals surface area contributed by atoms with Crippen molar-refractivity contribution in [1.29, 1.82) is 0 Å². The van der Waals surface area contributed by atoms with Crippen molar-refractivity contribution < 1.29 is 0 Å². The van der Waals surface area contributed by atoms with Crippen LogP contribution in [0.4, 0.5) is 0 Å². The summed E-state index contributed by atoms with van der Waals surface area (Å²) in [4.78, 5) is 2.36. The second kappa shape index (κ2) is 11.8. The van der Waals surface area contributed by atoms with E-state index in [4.69, 9.17) is 12.2 Å². The fourth-order valence-corrected chi connectivity index (χ4v) is 9.62. The van der Waals surface area contributed by atoms with Gasteiger partial charge in [0.2, 0.25) is 0 Å². The van der Waals surface area contributed by atoms with E-state index in [1.54, 1.807) is 0 Å². The van der Waals surface area contributed by atoms with Crippen LogP contribution in [0.1, 0.15) is 51.9 Å². The smallest absolute Gasteiger partial charge is 0.166 e. The average Bonchev–Trinajstić information content (AvgIpc) is 3.30. The molecule has 2 saturated carbocycles. The van der Waals surface area contributed by atoms with Crippen LogP contribution in [-0.2, 0) is 0 Å². The summed E-state index contributed by atoms with van der Waals surface area (Å²) in [6, 6.07) is 23.8. The third-order valence-corrected chi connectivity index (χ3v) is 10.9. The molecule has 5 atom stereocenters. The first-order valence-electron chi connectivity index (χ1n) is 12.7. The van der Waals surface area contributed by atoms with Crippen LogP contribution in [0, 0.1) is 5.92 Å². The number of rotatable bonds is 7. The Labute approximate surface area is 207 Å². The molecule has 4 rings (SSSR count). The van der Waals surface area contributed by atoms with Crippen molar-refractivity contribution in [2.75, 3.05) is 14.1 Å². The maximum absolute atomic E-state index is 5.84. The summed E-state index contributed by atoms with van der Waals surface area (Å²) in [7, 11) is 4.00. The fourth-order valence-electron chi connectivity index (χ4n) is 6.00. The van der Waals surface area contributed by atoms with E-state index in [1.165, 1.54) is 55.6 Å². The van der Waals surface area contributed by atoms with Crippen LogP contribution in [-0.4, -0.2) is 47.9 Å². The SMILES string of the molecule is C[C@@H](NC(=S)N[C@H]1CCCC[C@@H]1N(C)C)C1CCCC1P(c1ccccc1)c1ccccc1. The Kier molecular flexibility index (Phi) is 8.79. The number of nitrogens with zero attached hydrogens (tertiary/aromatic N) is 1. The van der Waals surface area contributed by atoms with Crippen molar-refractivity contribution in [2.24, 2.45) is 5.92 Å². The van der Waals surface area contributed by atoms with Gasteiger partial charge in [-0.05, 0) is 89.0 Å². The number of thiocarbonyl (C=S) groups is 1. The van der Waals surface area contributed by atoms with Crippen molar-refractivity contribution in [3.8, 4) is 0 Å². The molecule has 0 heterocycles. The van der Waals surface area contributed by atoms with Crippen LogP contribution in [0.3, 0.4) is 0 Å². The van der Waals surface area contributed by atoms with Crippen molar-refractivity contribution in [2.45, 2.75) is 75.7 Å². The highest BCUT2D eigenvalue weighted by molar-refractivity contribution is 7.80. The van der Waals surface area contributed by atoms with Crippen molar-refractivity contribution in [1.82, 2.24) is 15.5 Å². The number of likely N-dealkylation sites (N-methyl/N-ethyl adjacent to an activating group) is 1. The van der Waals surface area contributed by atoms with E-state index in [2.05, 4.69) is 97.2 Å². The van der Waals surface area contributed by atoms with E-state index < -0.39 is 7.92 Å². The largest absolute Gasteiger partial charge is 0.360 e.